The van der Waals surface area contributed by atoms with Crippen LogP contribution >= 0.6 is 11.8 Å². The van der Waals surface area contributed by atoms with E-state index in [0.29, 0.717) is 6.54 Å². The van der Waals surface area contributed by atoms with Crippen molar-refractivity contribution < 1.29 is 4.79 Å². The van der Waals surface area contributed by atoms with Gasteiger partial charge >= 0.3 is 0 Å². The van der Waals surface area contributed by atoms with E-state index in [2.05, 4.69) is 20.3 Å². The van der Waals surface area contributed by atoms with Crippen LogP contribution in [0.5, 0.6) is 0 Å². The molecule has 0 aliphatic heterocycles. The number of amides is 1. The highest BCUT2D eigenvalue weighted by Gasteiger charge is 2.24. The molecular weight excluding hydrogens is 332 g/mol. The molecule has 2 heterocycles. The van der Waals surface area contributed by atoms with Gasteiger partial charge in [0.05, 0.1) is 10.8 Å². The number of nitrogens with one attached hydrogen (secondary N) is 1. The maximum Gasteiger partial charge on any atom is 0.234 e. The zero-order chi connectivity index (χ0) is 17.6. The summed E-state index contributed by atoms with van der Waals surface area (Å²) < 4.78 is 0. The predicted molar refractivity (Wildman–Crippen MR) is 100 cm³/mol. The summed E-state index contributed by atoms with van der Waals surface area (Å²) in [5, 5.41) is 4.59. The molecule has 0 aliphatic carbocycles. The molecule has 1 N–H and O–H groups in total. The predicted octanol–water partition coefficient (Wildman–Crippen LogP) is 3.46. The minimum absolute atomic E-state index is 0.00606. The van der Waals surface area contributed by atoms with E-state index in [1.807, 2.05) is 50.2 Å². The summed E-state index contributed by atoms with van der Waals surface area (Å²) in [7, 11) is 0. The first-order valence-corrected chi connectivity index (χ1v) is 9.06. The minimum atomic E-state index is -0.227. The molecule has 3 rings (SSSR count). The molecule has 0 aliphatic rings. The van der Waals surface area contributed by atoms with Gasteiger partial charge in [-0.15, -0.1) is 0 Å². The van der Waals surface area contributed by atoms with Gasteiger partial charge in [0.2, 0.25) is 5.91 Å². The van der Waals surface area contributed by atoms with Crippen LogP contribution < -0.4 is 5.32 Å². The van der Waals surface area contributed by atoms with Gasteiger partial charge in [0.1, 0.15) is 11.4 Å². The van der Waals surface area contributed by atoms with Crippen LogP contribution in [0.25, 0.3) is 10.9 Å². The van der Waals surface area contributed by atoms with Gasteiger partial charge in [0.25, 0.3) is 0 Å². The van der Waals surface area contributed by atoms with Crippen molar-refractivity contribution in [2.75, 3.05) is 0 Å². The maximum atomic E-state index is 12.7. The summed E-state index contributed by atoms with van der Waals surface area (Å²) in [6.07, 6.45) is 5.03. The molecule has 0 fully saturated rings. The van der Waals surface area contributed by atoms with Crippen molar-refractivity contribution in [2.45, 2.75) is 30.7 Å². The molecule has 3 aromatic rings. The summed E-state index contributed by atoms with van der Waals surface area (Å²) in [5.41, 5.74) is 1.87. The number of benzene rings is 1. The Balaban J connectivity index is 1.75. The smallest absolute Gasteiger partial charge is 0.234 e. The van der Waals surface area contributed by atoms with Crippen molar-refractivity contribution in [1.82, 2.24) is 20.3 Å². The number of para-hydroxylation sites is 1. The standard InChI is InChI=1S/C19H20N4OS/c1-13(2)17(18(24)21-11-14-6-5-9-20-10-14)25-19-15-7-3-4-8-16(15)22-12-23-19/h3-10,12-13,17H,11H2,1-2H3,(H,21,24). The molecule has 0 radical (unpaired) electrons. The van der Waals surface area contributed by atoms with Gasteiger partial charge in [-0.25, -0.2) is 9.97 Å². The van der Waals surface area contributed by atoms with E-state index < -0.39 is 0 Å². The highest BCUT2D eigenvalue weighted by Crippen LogP contribution is 2.31. The topological polar surface area (TPSA) is 67.8 Å². The normalized spacial score (nSPS) is 12.3. The van der Waals surface area contributed by atoms with Gasteiger partial charge in [0, 0.05) is 24.3 Å². The van der Waals surface area contributed by atoms with Gasteiger partial charge in [-0.3, -0.25) is 9.78 Å². The van der Waals surface area contributed by atoms with Crippen molar-refractivity contribution >= 4 is 28.6 Å². The average Bonchev–Trinajstić information content (AvgIpc) is 2.65. The van der Waals surface area contributed by atoms with Gasteiger partial charge in [-0.1, -0.05) is 49.9 Å². The number of fused-ring (bicyclic) bond motifs is 1. The second-order valence-electron chi connectivity index (χ2n) is 6.06. The molecule has 0 bridgehead atoms. The fraction of sp³-hybridized carbons (Fsp3) is 0.263. The van der Waals surface area contributed by atoms with Crippen molar-refractivity contribution in [3.8, 4) is 0 Å². The SMILES string of the molecule is CC(C)C(Sc1ncnc2ccccc12)C(=O)NCc1cccnc1. The largest absolute Gasteiger partial charge is 0.351 e. The summed E-state index contributed by atoms with van der Waals surface area (Å²) >= 11 is 1.49. The van der Waals surface area contributed by atoms with Crippen molar-refractivity contribution in [3.63, 3.8) is 0 Å². The van der Waals surface area contributed by atoms with Crippen LogP contribution in [-0.4, -0.2) is 26.1 Å². The Morgan fingerprint density at radius 1 is 1.16 bits per heavy atom. The fourth-order valence-corrected chi connectivity index (χ4v) is 3.59. The number of carbonyl (C=O) groups excluding carboxylic acids is 1. The van der Waals surface area contributed by atoms with E-state index in [-0.39, 0.29) is 17.1 Å². The molecule has 6 heteroatoms. The Kier molecular flexibility index (Phi) is 5.60. The highest BCUT2D eigenvalue weighted by molar-refractivity contribution is 8.00. The summed E-state index contributed by atoms with van der Waals surface area (Å²) in [5.74, 6) is 0.180. The lowest BCUT2D eigenvalue weighted by atomic mass is 10.1. The molecule has 1 aromatic carbocycles. The van der Waals surface area contributed by atoms with Crippen LogP contribution in [0.15, 0.2) is 60.1 Å². The van der Waals surface area contributed by atoms with Crippen LogP contribution in [-0.2, 0) is 11.3 Å². The Bertz CT molecular complexity index is 849. The zero-order valence-corrected chi connectivity index (χ0v) is 15.0. The van der Waals surface area contributed by atoms with Crippen molar-refractivity contribution in [2.24, 2.45) is 5.92 Å². The highest BCUT2D eigenvalue weighted by atomic mass is 32.2. The average molecular weight is 352 g/mol. The third kappa shape index (κ3) is 4.33. The number of nitrogens with zero attached hydrogens (tertiary/aromatic N) is 3. The fourth-order valence-electron chi connectivity index (χ4n) is 2.48. The molecule has 0 spiro atoms. The second-order valence-corrected chi connectivity index (χ2v) is 7.19. The number of thioether (sulfide) groups is 1. The molecule has 5 nitrogen and oxygen atoms in total. The second kappa shape index (κ2) is 8.07. The molecule has 1 amide bonds. The van der Waals surface area contributed by atoms with Crippen LogP contribution in [0.1, 0.15) is 19.4 Å². The number of aromatic nitrogens is 3. The van der Waals surface area contributed by atoms with Crippen LogP contribution in [0.4, 0.5) is 0 Å². The number of hydrogen-bond donors (Lipinski definition) is 1. The van der Waals surface area contributed by atoms with E-state index in [9.17, 15) is 4.79 Å². The molecule has 1 unspecified atom stereocenters. The van der Waals surface area contributed by atoms with Crippen molar-refractivity contribution in [3.05, 3.63) is 60.7 Å². The first kappa shape index (κ1) is 17.4. The van der Waals surface area contributed by atoms with Gasteiger partial charge in [-0.05, 0) is 23.6 Å². The Hall–Kier alpha value is -2.47. The van der Waals surface area contributed by atoms with E-state index >= 15 is 0 Å². The number of rotatable bonds is 6. The number of hydrogen-bond acceptors (Lipinski definition) is 5. The van der Waals surface area contributed by atoms with Crippen LogP contribution in [0.3, 0.4) is 0 Å². The molecule has 128 valence electrons. The molecule has 0 saturated heterocycles. The van der Waals surface area contributed by atoms with E-state index in [4.69, 9.17) is 0 Å². The Morgan fingerprint density at radius 2 is 2.00 bits per heavy atom. The van der Waals surface area contributed by atoms with Gasteiger partial charge in [-0.2, -0.15) is 0 Å². The quantitative estimate of drug-likeness (QED) is 0.543. The summed E-state index contributed by atoms with van der Waals surface area (Å²) in [4.78, 5) is 25.4. The Labute approximate surface area is 151 Å². The van der Waals surface area contributed by atoms with Crippen molar-refractivity contribution in [1.29, 1.82) is 0 Å². The summed E-state index contributed by atoms with van der Waals surface area (Å²) in [6.45, 7) is 4.57. The first-order valence-electron chi connectivity index (χ1n) is 8.18. The third-order valence-corrected chi connectivity index (χ3v) is 5.36. The van der Waals surface area contributed by atoms with E-state index in [1.165, 1.54) is 11.8 Å². The van der Waals surface area contributed by atoms with E-state index in [1.54, 1.807) is 18.7 Å². The van der Waals surface area contributed by atoms with Gasteiger partial charge in [0.15, 0.2) is 0 Å². The first-order chi connectivity index (χ1) is 12.1. The molecule has 2 aromatic heterocycles. The van der Waals surface area contributed by atoms with Crippen LogP contribution in [0.2, 0.25) is 0 Å². The number of carbonyl (C=O) groups is 1. The minimum Gasteiger partial charge on any atom is -0.351 e. The third-order valence-electron chi connectivity index (χ3n) is 3.80. The van der Waals surface area contributed by atoms with E-state index in [0.717, 1.165) is 21.5 Å². The monoisotopic (exact) mass is 352 g/mol. The van der Waals surface area contributed by atoms with Gasteiger partial charge < -0.3 is 5.32 Å². The molecular formula is C19H20N4OS. The maximum absolute atomic E-state index is 12.7. The molecule has 0 saturated carbocycles. The molecule has 25 heavy (non-hydrogen) atoms. The Morgan fingerprint density at radius 3 is 2.76 bits per heavy atom. The molecule has 1 atom stereocenters. The van der Waals surface area contributed by atoms with Crippen LogP contribution in [0, 0.1) is 5.92 Å². The number of pyridine rings is 1. The lowest BCUT2D eigenvalue weighted by Gasteiger charge is -2.20. The zero-order valence-electron chi connectivity index (χ0n) is 14.2. The lowest BCUT2D eigenvalue weighted by Crippen LogP contribution is -2.35. The summed E-state index contributed by atoms with van der Waals surface area (Å²) in [6, 6.07) is 11.7. The lowest BCUT2D eigenvalue weighted by molar-refractivity contribution is -0.121.